The standard InChI is InChI=1S/C15H17F2N3O2S/c1-15(4-5-23(21,22)10-15)20-9-11(8-19-20)7-18-14-6-12(16)2-3-13(14)17/h2-3,6,8-9,18H,4-5,7,10H2,1H3. The number of rotatable bonds is 4. The molecule has 5 nitrogen and oxygen atoms in total. The van der Waals surface area contributed by atoms with Crippen LogP contribution in [0.15, 0.2) is 30.6 Å². The van der Waals surface area contributed by atoms with Crippen LogP contribution in [0.5, 0.6) is 0 Å². The predicted molar refractivity (Wildman–Crippen MR) is 82.8 cm³/mol. The van der Waals surface area contributed by atoms with Crippen molar-refractivity contribution in [3.8, 4) is 0 Å². The third kappa shape index (κ3) is 3.36. The van der Waals surface area contributed by atoms with E-state index in [2.05, 4.69) is 10.4 Å². The fourth-order valence-electron chi connectivity index (χ4n) is 2.75. The van der Waals surface area contributed by atoms with Crippen LogP contribution < -0.4 is 5.32 Å². The van der Waals surface area contributed by atoms with Crippen molar-refractivity contribution in [2.45, 2.75) is 25.4 Å². The van der Waals surface area contributed by atoms with Crippen molar-refractivity contribution in [1.29, 1.82) is 0 Å². The lowest BCUT2D eigenvalue weighted by Gasteiger charge is -2.22. The van der Waals surface area contributed by atoms with Gasteiger partial charge in [0.2, 0.25) is 0 Å². The molecule has 0 amide bonds. The first-order valence-corrected chi connectivity index (χ1v) is 9.03. The van der Waals surface area contributed by atoms with Gasteiger partial charge in [-0.3, -0.25) is 4.68 Å². The summed E-state index contributed by atoms with van der Waals surface area (Å²) in [5.74, 6) is -0.834. The largest absolute Gasteiger partial charge is 0.378 e. The van der Waals surface area contributed by atoms with E-state index in [1.165, 1.54) is 0 Å². The van der Waals surface area contributed by atoms with E-state index in [0.717, 1.165) is 23.8 Å². The van der Waals surface area contributed by atoms with Crippen LogP contribution in [0, 0.1) is 11.6 Å². The monoisotopic (exact) mass is 341 g/mol. The summed E-state index contributed by atoms with van der Waals surface area (Å²) in [5, 5.41) is 7.05. The van der Waals surface area contributed by atoms with E-state index in [1.807, 2.05) is 6.92 Å². The highest BCUT2D eigenvalue weighted by atomic mass is 32.2. The predicted octanol–water partition coefficient (Wildman–Crippen LogP) is 2.31. The molecule has 1 N–H and O–H groups in total. The maximum absolute atomic E-state index is 13.6. The number of hydrogen-bond acceptors (Lipinski definition) is 4. The van der Waals surface area contributed by atoms with Gasteiger partial charge in [-0.2, -0.15) is 5.10 Å². The molecule has 23 heavy (non-hydrogen) atoms. The van der Waals surface area contributed by atoms with Crippen molar-refractivity contribution in [2.75, 3.05) is 16.8 Å². The summed E-state index contributed by atoms with van der Waals surface area (Å²) in [6.45, 7) is 2.12. The van der Waals surface area contributed by atoms with Crippen molar-refractivity contribution in [3.05, 3.63) is 47.8 Å². The normalized spacial score (nSPS) is 23.1. The van der Waals surface area contributed by atoms with Gasteiger partial charge in [-0.05, 0) is 31.5 Å². The second kappa shape index (κ2) is 5.59. The van der Waals surface area contributed by atoms with Gasteiger partial charge < -0.3 is 5.32 Å². The van der Waals surface area contributed by atoms with Crippen LogP contribution in [-0.4, -0.2) is 29.7 Å². The first-order chi connectivity index (χ1) is 10.8. The van der Waals surface area contributed by atoms with E-state index in [9.17, 15) is 17.2 Å². The van der Waals surface area contributed by atoms with Crippen LogP contribution in [0.3, 0.4) is 0 Å². The Morgan fingerprint density at radius 2 is 2.17 bits per heavy atom. The van der Waals surface area contributed by atoms with Crippen LogP contribution in [0.25, 0.3) is 0 Å². The Kier molecular flexibility index (Phi) is 3.87. The van der Waals surface area contributed by atoms with Gasteiger partial charge in [0, 0.05) is 18.3 Å². The molecule has 124 valence electrons. The molecule has 2 heterocycles. The van der Waals surface area contributed by atoms with Crippen molar-refractivity contribution in [1.82, 2.24) is 9.78 Å². The van der Waals surface area contributed by atoms with E-state index < -0.39 is 27.0 Å². The Balaban J connectivity index is 1.72. The molecule has 1 aromatic carbocycles. The zero-order valence-electron chi connectivity index (χ0n) is 12.6. The SMILES string of the molecule is CC1(n2cc(CNc3cc(F)ccc3F)cn2)CCS(=O)(=O)C1. The zero-order valence-corrected chi connectivity index (χ0v) is 13.4. The highest BCUT2D eigenvalue weighted by Gasteiger charge is 2.40. The molecule has 1 aliphatic rings. The number of sulfone groups is 1. The fourth-order valence-corrected chi connectivity index (χ4v) is 4.87. The van der Waals surface area contributed by atoms with Crippen LogP contribution in [0.1, 0.15) is 18.9 Å². The molecule has 1 fully saturated rings. The molecule has 1 aromatic heterocycles. The lowest BCUT2D eigenvalue weighted by atomic mass is 10.0. The number of hydrogen-bond donors (Lipinski definition) is 1. The highest BCUT2D eigenvalue weighted by Crippen LogP contribution is 2.30. The summed E-state index contributed by atoms with van der Waals surface area (Å²) in [7, 11) is -3.03. The summed E-state index contributed by atoms with van der Waals surface area (Å²) in [6, 6.07) is 3.20. The molecule has 1 aliphatic heterocycles. The van der Waals surface area contributed by atoms with Crippen LogP contribution in [0.2, 0.25) is 0 Å². The lowest BCUT2D eigenvalue weighted by molar-refractivity contribution is 0.328. The van der Waals surface area contributed by atoms with Crippen molar-refractivity contribution in [2.24, 2.45) is 0 Å². The van der Waals surface area contributed by atoms with Gasteiger partial charge in [-0.1, -0.05) is 0 Å². The average molecular weight is 341 g/mol. The van der Waals surface area contributed by atoms with Crippen LogP contribution in [0.4, 0.5) is 14.5 Å². The molecule has 1 unspecified atom stereocenters. The average Bonchev–Trinajstić information content (AvgIpc) is 3.05. The molecule has 8 heteroatoms. The number of anilines is 1. The summed E-state index contributed by atoms with van der Waals surface area (Å²) >= 11 is 0. The van der Waals surface area contributed by atoms with Crippen LogP contribution >= 0.6 is 0 Å². The zero-order chi connectivity index (χ0) is 16.7. The number of halogens is 2. The molecule has 0 spiro atoms. The molecular weight excluding hydrogens is 324 g/mol. The molecule has 0 aliphatic carbocycles. The topological polar surface area (TPSA) is 64.0 Å². The smallest absolute Gasteiger partial charge is 0.152 e. The van der Waals surface area contributed by atoms with Crippen molar-refractivity contribution >= 4 is 15.5 Å². The minimum atomic E-state index is -3.03. The van der Waals surface area contributed by atoms with Crippen molar-refractivity contribution < 1.29 is 17.2 Å². The van der Waals surface area contributed by atoms with E-state index in [1.54, 1.807) is 17.1 Å². The molecule has 1 atom stereocenters. The fraction of sp³-hybridized carbons (Fsp3) is 0.400. The number of aromatic nitrogens is 2. The Bertz CT molecular complexity index is 835. The van der Waals surface area contributed by atoms with Gasteiger partial charge in [0.25, 0.3) is 0 Å². The van der Waals surface area contributed by atoms with Crippen LogP contribution in [-0.2, 0) is 21.9 Å². The first kappa shape index (κ1) is 15.9. The molecule has 0 radical (unpaired) electrons. The summed E-state index contributed by atoms with van der Waals surface area (Å²) < 4.78 is 51.7. The van der Waals surface area contributed by atoms with Gasteiger partial charge in [0.1, 0.15) is 11.6 Å². The van der Waals surface area contributed by atoms with Crippen molar-refractivity contribution in [3.63, 3.8) is 0 Å². The Morgan fingerprint density at radius 1 is 1.39 bits per heavy atom. The van der Waals surface area contributed by atoms with E-state index in [-0.39, 0.29) is 23.7 Å². The molecule has 2 aromatic rings. The minimum absolute atomic E-state index is 0.0626. The van der Waals surface area contributed by atoms with E-state index >= 15 is 0 Å². The second-order valence-electron chi connectivity index (χ2n) is 6.11. The van der Waals surface area contributed by atoms with Gasteiger partial charge in [-0.15, -0.1) is 0 Å². The Hall–Kier alpha value is -1.96. The molecule has 0 saturated carbocycles. The molecule has 3 rings (SSSR count). The quantitative estimate of drug-likeness (QED) is 0.927. The van der Waals surface area contributed by atoms with Gasteiger partial charge in [-0.25, -0.2) is 17.2 Å². The summed E-state index contributed by atoms with van der Waals surface area (Å²) in [5.41, 5.74) is 0.285. The lowest BCUT2D eigenvalue weighted by Crippen LogP contribution is -2.31. The first-order valence-electron chi connectivity index (χ1n) is 7.21. The van der Waals surface area contributed by atoms with Gasteiger partial charge in [0.15, 0.2) is 9.84 Å². The third-order valence-electron chi connectivity index (χ3n) is 4.08. The Morgan fingerprint density at radius 3 is 2.87 bits per heavy atom. The third-order valence-corrected chi connectivity index (χ3v) is 5.97. The second-order valence-corrected chi connectivity index (χ2v) is 8.29. The summed E-state index contributed by atoms with van der Waals surface area (Å²) in [6.07, 6.45) is 3.85. The molecular formula is C15H17F2N3O2S. The van der Waals surface area contributed by atoms with Gasteiger partial charge in [0.05, 0.1) is 28.9 Å². The number of nitrogens with zero attached hydrogens (tertiary/aromatic N) is 2. The van der Waals surface area contributed by atoms with Gasteiger partial charge >= 0.3 is 0 Å². The van der Waals surface area contributed by atoms with E-state index in [0.29, 0.717) is 6.42 Å². The maximum atomic E-state index is 13.6. The number of benzene rings is 1. The van der Waals surface area contributed by atoms with E-state index in [4.69, 9.17) is 0 Å². The Labute approximate surface area is 133 Å². The maximum Gasteiger partial charge on any atom is 0.152 e. The molecule has 0 bridgehead atoms. The number of nitrogens with one attached hydrogen (secondary N) is 1. The molecule has 1 saturated heterocycles. The highest BCUT2D eigenvalue weighted by molar-refractivity contribution is 7.91. The summed E-state index contributed by atoms with van der Waals surface area (Å²) in [4.78, 5) is 0. The minimum Gasteiger partial charge on any atom is -0.378 e.